The van der Waals surface area contributed by atoms with Crippen LogP contribution in [0.1, 0.15) is 12.5 Å². The van der Waals surface area contributed by atoms with Crippen molar-refractivity contribution in [1.82, 2.24) is 0 Å². The molecule has 0 spiro atoms. The molecule has 138 valence electrons. The van der Waals surface area contributed by atoms with Crippen LogP contribution in [0.2, 0.25) is 0 Å². The Morgan fingerprint density at radius 2 is 1.25 bits per heavy atom. The minimum Gasteiger partial charge on any atom is -0.204 e. The zero-order valence-corrected chi connectivity index (χ0v) is 15.6. The van der Waals surface area contributed by atoms with Crippen LogP contribution in [-0.4, -0.2) is 0 Å². The van der Waals surface area contributed by atoms with Gasteiger partial charge < -0.3 is 0 Å². The third-order valence-corrected chi connectivity index (χ3v) is 5.00. The third kappa shape index (κ3) is 3.59. The Kier molecular flexibility index (Phi) is 5.03. The zero-order chi connectivity index (χ0) is 19.5. The molecular formula is C26H20F2. The summed E-state index contributed by atoms with van der Waals surface area (Å²) >= 11 is 0. The van der Waals surface area contributed by atoms with Crippen LogP contribution >= 0.6 is 0 Å². The molecule has 4 rings (SSSR count). The van der Waals surface area contributed by atoms with Gasteiger partial charge in [0, 0.05) is 5.39 Å². The molecule has 2 heteroatoms. The van der Waals surface area contributed by atoms with Crippen LogP contribution in [-0.2, 0) is 6.42 Å². The molecule has 0 aromatic heterocycles. The third-order valence-electron chi connectivity index (χ3n) is 5.00. The van der Waals surface area contributed by atoms with E-state index in [1.54, 1.807) is 12.1 Å². The lowest BCUT2D eigenvalue weighted by molar-refractivity contribution is 0.517. The second-order valence-corrected chi connectivity index (χ2v) is 6.84. The lowest BCUT2D eigenvalue weighted by Gasteiger charge is -2.08. The minimum absolute atomic E-state index is 0.304. The first-order valence-corrected chi connectivity index (χ1v) is 9.34. The predicted molar refractivity (Wildman–Crippen MR) is 113 cm³/mol. The summed E-state index contributed by atoms with van der Waals surface area (Å²) in [6.07, 6.45) is 5.15. The molecule has 0 saturated heterocycles. The van der Waals surface area contributed by atoms with Gasteiger partial charge in [0.25, 0.3) is 0 Å². The summed E-state index contributed by atoms with van der Waals surface area (Å²) in [6, 6.07) is 25.0. The van der Waals surface area contributed by atoms with Crippen molar-refractivity contribution in [3.05, 3.63) is 108 Å². The maximum absolute atomic E-state index is 13.9. The van der Waals surface area contributed by atoms with Crippen molar-refractivity contribution in [2.24, 2.45) is 0 Å². The first-order valence-electron chi connectivity index (χ1n) is 9.34. The van der Waals surface area contributed by atoms with Gasteiger partial charge in [0.05, 0.1) is 0 Å². The van der Waals surface area contributed by atoms with Gasteiger partial charge >= 0.3 is 0 Å². The summed E-state index contributed by atoms with van der Waals surface area (Å²) in [5.41, 5.74) is 5.63. The molecule has 4 aromatic rings. The van der Waals surface area contributed by atoms with Crippen molar-refractivity contribution < 1.29 is 8.78 Å². The van der Waals surface area contributed by atoms with Crippen molar-refractivity contribution in [1.29, 1.82) is 0 Å². The Morgan fingerprint density at radius 3 is 1.89 bits per heavy atom. The van der Waals surface area contributed by atoms with Crippen LogP contribution in [0.15, 0.2) is 91.0 Å². The SMILES string of the molecule is CC=CCc1ccc(-c2ccc(-c3ccc4c(F)c(F)ccc4c3)cc2)cc1. The second kappa shape index (κ2) is 7.77. The van der Waals surface area contributed by atoms with Crippen molar-refractivity contribution in [3.8, 4) is 22.3 Å². The van der Waals surface area contributed by atoms with Gasteiger partial charge in [0.15, 0.2) is 11.6 Å². The van der Waals surface area contributed by atoms with Crippen molar-refractivity contribution >= 4 is 10.8 Å². The van der Waals surface area contributed by atoms with Gasteiger partial charge in [-0.2, -0.15) is 0 Å². The largest absolute Gasteiger partial charge is 0.204 e. The molecule has 0 aliphatic rings. The summed E-state index contributed by atoms with van der Waals surface area (Å²) in [5, 5.41) is 0.996. The monoisotopic (exact) mass is 370 g/mol. The van der Waals surface area contributed by atoms with Gasteiger partial charge in [-0.3, -0.25) is 0 Å². The van der Waals surface area contributed by atoms with E-state index in [9.17, 15) is 8.78 Å². The molecule has 0 radical (unpaired) electrons. The van der Waals surface area contributed by atoms with Crippen LogP contribution in [0.4, 0.5) is 8.78 Å². The van der Waals surface area contributed by atoms with Gasteiger partial charge in [0.1, 0.15) is 0 Å². The zero-order valence-electron chi connectivity index (χ0n) is 15.6. The normalized spacial score (nSPS) is 11.4. The molecular weight excluding hydrogens is 350 g/mol. The lowest BCUT2D eigenvalue weighted by atomic mass is 9.97. The molecule has 28 heavy (non-hydrogen) atoms. The average Bonchev–Trinajstić information content (AvgIpc) is 2.75. The van der Waals surface area contributed by atoms with E-state index in [0.717, 1.165) is 23.1 Å². The second-order valence-electron chi connectivity index (χ2n) is 6.84. The molecule has 0 N–H and O–H groups in total. The van der Waals surface area contributed by atoms with Crippen LogP contribution < -0.4 is 0 Å². The van der Waals surface area contributed by atoms with Crippen LogP contribution in [0.25, 0.3) is 33.0 Å². The lowest BCUT2D eigenvalue weighted by Crippen LogP contribution is -1.87. The molecule has 0 fully saturated rings. The highest BCUT2D eigenvalue weighted by Crippen LogP contribution is 2.29. The molecule has 0 unspecified atom stereocenters. The van der Waals surface area contributed by atoms with Gasteiger partial charge in [-0.05, 0) is 58.7 Å². The summed E-state index contributed by atoms with van der Waals surface area (Å²) in [5.74, 6) is -1.61. The molecule has 0 bridgehead atoms. The fourth-order valence-electron chi connectivity index (χ4n) is 3.39. The standard InChI is InChI=1S/C26H20F2/c1-2-3-4-18-5-7-19(8-6-18)20-9-11-21(12-10-20)22-13-15-24-23(17-22)14-16-25(27)26(24)28/h2-3,5-17H,4H2,1H3. The molecule has 0 aliphatic carbocycles. The van der Waals surface area contributed by atoms with E-state index in [2.05, 4.69) is 60.7 Å². The summed E-state index contributed by atoms with van der Waals surface area (Å²) in [6.45, 7) is 2.03. The fourth-order valence-corrected chi connectivity index (χ4v) is 3.39. The number of hydrogen-bond donors (Lipinski definition) is 0. The molecule has 0 saturated carbocycles. The highest BCUT2D eigenvalue weighted by molar-refractivity contribution is 5.88. The number of benzene rings is 4. The van der Waals surface area contributed by atoms with Crippen LogP contribution in [0.5, 0.6) is 0 Å². The van der Waals surface area contributed by atoms with Crippen LogP contribution in [0, 0.1) is 11.6 Å². The Balaban J connectivity index is 1.61. The first kappa shape index (κ1) is 18.1. The van der Waals surface area contributed by atoms with E-state index in [1.807, 2.05) is 19.1 Å². The molecule has 0 aliphatic heterocycles. The number of hydrogen-bond acceptors (Lipinski definition) is 0. The number of allylic oxidation sites excluding steroid dienone is 2. The fraction of sp³-hybridized carbons (Fsp3) is 0.0769. The van der Waals surface area contributed by atoms with Crippen molar-refractivity contribution in [3.63, 3.8) is 0 Å². The van der Waals surface area contributed by atoms with E-state index < -0.39 is 11.6 Å². The van der Waals surface area contributed by atoms with Crippen LogP contribution in [0.3, 0.4) is 0 Å². The first-order chi connectivity index (χ1) is 13.7. The number of fused-ring (bicyclic) bond motifs is 1. The van der Waals surface area contributed by atoms with Gasteiger partial charge in [-0.1, -0.05) is 78.9 Å². The molecule has 4 aromatic carbocycles. The van der Waals surface area contributed by atoms with Crippen molar-refractivity contribution in [2.75, 3.05) is 0 Å². The molecule has 0 heterocycles. The van der Waals surface area contributed by atoms with E-state index >= 15 is 0 Å². The number of rotatable bonds is 4. The molecule has 0 nitrogen and oxygen atoms in total. The predicted octanol–water partition coefficient (Wildman–Crippen LogP) is 7.57. The Bertz CT molecular complexity index is 1140. The molecule has 0 atom stereocenters. The smallest absolute Gasteiger partial charge is 0.166 e. The van der Waals surface area contributed by atoms with Gasteiger partial charge in [-0.15, -0.1) is 0 Å². The van der Waals surface area contributed by atoms with Gasteiger partial charge in [0.2, 0.25) is 0 Å². The Labute approximate surface area is 163 Å². The van der Waals surface area contributed by atoms with Crippen molar-refractivity contribution in [2.45, 2.75) is 13.3 Å². The summed E-state index contributed by atoms with van der Waals surface area (Å²) < 4.78 is 27.3. The number of halogens is 2. The van der Waals surface area contributed by atoms with Gasteiger partial charge in [-0.25, -0.2) is 8.78 Å². The Hall–Kier alpha value is -3.26. The maximum Gasteiger partial charge on any atom is 0.166 e. The summed E-state index contributed by atoms with van der Waals surface area (Å²) in [7, 11) is 0. The summed E-state index contributed by atoms with van der Waals surface area (Å²) in [4.78, 5) is 0. The topological polar surface area (TPSA) is 0 Å². The van der Waals surface area contributed by atoms with E-state index in [1.165, 1.54) is 17.2 Å². The molecule has 0 amide bonds. The Morgan fingerprint density at radius 1 is 0.679 bits per heavy atom. The van der Waals surface area contributed by atoms with E-state index in [4.69, 9.17) is 0 Å². The highest BCUT2D eigenvalue weighted by atomic mass is 19.2. The van der Waals surface area contributed by atoms with E-state index in [-0.39, 0.29) is 0 Å². The highest BCUT2D eigenvalue weighted by Gasteiger charge is 2.08. The quantitative estimate of drug-likeness (QED) is 0.325. The minimum atomic E-state index is -0.818. The maximum atomic E-state index is 13.9. The average molecular weight is 370 g/mol. The van der Waals surface area contributed by atoms with E-state index in [0.29, 0.717) is 10.8 Å².